The van der Waals surface area contributed by atoms with Gasteiger partial charge in [0.15, 0.2) is 0 Å². The maximum atomic E-state index is 6.06. The van der Waals surface area contributed by atoms with Crippen LogP contribution in [-0.2, 0) is 4.74 Å². The first-order valence-electron chi connectivity index (χ1n) is 4.43. The van der Waals surface area contributed by atoms with Gasteiger partial charge in [-0.05, 0) is 38.5 Å². The van der Waals surface area contributed by atoms with Gasteiger partial charge in [-0.3, -0.25) is 0 Å². The maximum Gasteiger partial charge on any atom is 0.0471 e. The van der Waals surface area contributed by atoms with Crippen molar-refractivity contribution in [3.63, 3.8) is 0 Å². The van der Waals surface area contributed by atoms with E-state index in [0.717, 1.165) is 19.6 Å². The highest BCUT2D eigenvalue weighted by Gasteiger charge is 2.45. The standard InChI is InChI=1S/C9H17ClO/c1-3-11-7-6-9(4-5-9)8(2)10/h8H,3-7H2,1-2H3. The Balaban J connectivity index is 2.14. The number of rotatable bonds is 5. The summed E-state index contributed by atoms with van der Waals surface area (Å²) in [6.45, 7) is 5.84. The van der Waals surface area contributed by atoms with Crippen LogP contribution in [0.25, 0.3) is 0 Å². The van der Waals surface area contributed by atoms with Gasteiger partial charge in [-0.15, -0.1) is 11.6 Å². The summed E-state index contributed by atoms with van der Waals surface area (Å²) in [5, 5.41) is 0.322. The molecule has 1 saturated carbocycles. The van der Waals surface area contributed by atoms with E-state index >= 15 is 0 Å². The molecule has 0 saturated heterocycles. The van der Waals surface area contributed by atoms with Crippen molar-refractivity contribution in [1.29, 1.82) is 0 Å². The lowest BCUT2D eigenvalue weighted by molar-refractivity contribution is 0.128. The molecule has 0 aliphatic heterocycles. The third kappa shape index (κ3) is 2.34. The quantitative estimate of drug-likeness (QED) is 0.463. The molecule has 1 rings (SSSR count). The first kappa shape index (κ1) is 9.34. The molecule has 0 aromatic heterocycles. The first-order valence-corrected chi connectivity index (χ1v) is 4.87. The predicted molar refractivity (Wildman–Crippen MR) is 48.1 cm³/mol. The zero-order valence-corrected chi connectivity index (χ0v) is 8.16. The molecule has 1 unspecified atom stereocenters. The van der Waals surface area contributed by atoms with E-state index < -0.39 is 0 Å². The first-order chi connectivity index (χ1) is 5.21. The molecule has 0 radical (unpaired) electrons. The Bertz CT molecular complexity index is 119. The van der Waals surface area contributed by atoms with Crippen LogP contribution in [0.3, 0.4) is 0 Å². The average Bonchev–Trinajstić information content (AvgIpc) is 2.70. The second-order valence-corrected chi connectivity index (χ2v) is 4.08. The van der Waals surface area contributed by atoms with E-state index in [2.05, 4.69) is 6.92 Å². The molecule has 0 bridgehead atoms. The molecule has 1 aliphatic carbocycles. The van der Waals surface area contributed by atoms with Gasteiger partial charge in [0.2, 0.25) is 0 Å². The fraction of sp³-hybridized carbons (Fsp3) is 1.00. The number of ether oxygens (including phenoxy) is 1. The predicted octanol–water partition coefficient (Wildman–Crippen LogP) is 2.82. The van der Waals surface area contributed by atoms with Crippen LogP contribution in [0.1, 0.15) is 33.1 Å². The minimum atomic E-state index is 0.322. The Morgan fingerprint density at radius 3 is 2.55 bits per heavy atom. The van der Waals surface area contributed by atoms with Gasteiger partial charge in [-0.1, -0.05) is 0 Å². The zero-order chi connectivity index (χ0) is 8.32. The monoisotopic (exact) mass is 176 g/mol. The Hall–Kier alpha value is 0.250. The molecule has 0 heterocycles. The van der Waals surface area contributed by atoms with Crippen molar-refractivity contribution in [1.82, 2.24) is 0 Å². The molecule has 1 aliphatic rings. The van der Waals surface area contributed by atoms with E-state index in [9.17, 15) is 0 Å². The summed E-state index contributed by atoms with van der Waals surface area (Å²) >= 11 is 6.06. The summed E-state index contributed by atoms with van der Waals surface area (Å²) in [5.41, 5.74) is 0.441. The third-order valence-electron chi connectivity index (χ3n) is 2.68. The van der Waals surface area contributed by atoms with Crippen molar-refractivity contribution in [2.75, 3.05) is 13.2 Å². The largest absolute Gasteiger partial charge is 0.382 e. The van der Waals surface area contributed by atoms with Crippen LogP contribution in [0, 0.1) is 5.41 Å². The molecule has 2 heteroatoms. The van der Waals surface area contributed by atoms with Crippen molar-refractivity contribution >= 4 is 11.6 Å². The summed E-state index contributed by atoms with van der Waals surface area (Å²) in [6, 6.07) is 0. The molecule has 0 aromatic rings. The SMILES string of the molecule is CCOCCC1(C(C)Cl)CC1. The highest BCUT2D eigenvalue weighted by atomic mass is 35.5. The van der Waals surface area contributed by atoms with Gasteiger partial charge >= 0.3 is 0 Å². The molecule has 0 spiro atoms. The van der Waals surface area contributed by atoms with E-state index in [1.54, 1.807) is 0 Å². The minimum Gasteiger partial charge on any atom is -0.382 e. The molecule has 11 heavy (non-hydrogen) atoms. The van der Waals surface area contributed by atoms with Gasteiger partial charge in [0.1, 0.15) is 0 Å². The van der Waals surface area contributed by atoms with Crippen molar-refractivity contribution in [2.45, 2.75) is 38.5 Å². The van der Waals surface area contributed by atoms with Gasteiger partial charge in [0, 0.05) is 18.6 Å². The van der Waals surface area contributed by atoms with Gasteiger partial charge in [0.25, 0.3) is 0 Å². The van der Waals surface area contributed by atoms with E-state index in [-0.39, 0.29) is 0 Å². The lowest BCUT2D eigenvalue weighted by atomic mass is 9.99. The number of hydrogen-bond donors (Lipinski definition) is 0. The van der Waals surface area contributed by atoms with Crippen LogP contribution in [0.15, 0.2) is 0 Å². The van der Waals surface area contributed by atoms with Crippen LogP contribution in [0.2, 0.25) is 0 Å². The van der Waals surface area contributed by atoms with Crippen LogP contribution in [0.4, 0.5) is 0 Å². The lowest BCUT2D eigenvalue weighted by Crippen LogP contribution is -2.15. The van der Waals surface area contributed by atoms with Crippen molar-refractivity contribution in [3.8, 4) is 0 Å². The van der Waals surface area contributed by atoms with Crippen molar-refractivity contribution < 1.29 is 4.74 Å². The number of alkyl halides is 1. The van der Waals surface area contributed by atoms with E-state index in [1.165, 1.54) is 12.8 Å². The molecule has 0 N–H and O–H groups in total. The Kier molecular flexibility index (Phi) is 3.20. The van der Waals surface area contributed by atoms with Crippen LogP contribution >= 0.6 is 11.6 Å². The van der Waals surface area contributed by atoms with E-state index in [4.69, 9.17) is 16.3 Å². The molecule has 1 nitrogen and oxygen atoms in total. The molecule has 1 fully saturated rings. The second-order valence-electron chi connectivity index (χ2n) is 3.43. The van der Waals surface area contributed by atoms with Gasteiger partial charge in [-0.2, -0.15) is 0 Å². The van der Waals surface area contributed by atoms with Crippen LogP contribution in [-0.4, -0.2) is 18.6 Å². The summed E-state index contributed by atoms with van der Waals surface area (Å²) in [7, 11) is 0. The normalized spacial score (nSPS) is 23.2. The smallest absolute Gasteiger partial charge is 0.0471 e. The van der Waals surface area contributed by atoms with Crippen molar-refractivity contribution in [3.05, 3.63) is 0 Å². The third-order valence-corrected chi connectivity index (χ3v) is 3.15. The molecule has 0 amide bonds. The fourth-order valence-electron chi connectivity index (χ4n) is 1.43. The molecule has 66 valence electrons. The molecule has 0 aromatic carbocycles. The highest BCUT2D eigenvalue weighted by molar-refractivity contribution is 6.21. The van der Waals surface area contributed by atoms with E-state index in [0.29, 0.717) is 10.8 Å². The molecular formula is C9H17ClO. The maximum absolute atomic E-state index is 6.06. The van der Waals surface area contributed by atoms with Crippen LogP contribution < -0.4 is 0 Å². The second kappa shape index (κ2) is 3.77. The van der Waals surface area contributed by atoms with Crippen LogP contribution in [0.5, 0.6) is 0 Å². The fourth-order valence-corrected chi connectivity index (χ4v) is 1.75. The minimum absolute atomic E-state index is 0.322. The Morgan fingerprint density at radius 2 is 2.18 bits per heavy atom. The zero-order valence-electron chi connectivity index (χ0n) is 7.40. The molecular weight excluding hydrogens is 160 g/mol. The van der Waals surface area contributed by atoms with Gasteiger partial charge in [0.05, 0.1) is 0 Å². The number of halogens is 1. The molecule has 1 atom stereocenters. The topological polar surface area (TPSA) is 9.23 Å². The van der Waals surface area contributed by atoms with Crippen molar-refractivity contribution in [2.24, 2.45) is 5.41 Å². The summed E-state index contributed by atoms with van der Waals surface area (Å²) in [5.74, 6) is 0. The Labute approximate surface area is 74.1 Å². The summed E-state index contributed by atoms with van der Waals surface area (Å²) < 4.78 is 5.30. The van der Waals surface area contributed by atoms with Gasteiger partial charge in [-0.25, -0.2) is 0 Å². The average molecular weight is 177 g/mol. The number of hydrogen-bond acceptors (Lipinski definition) is 1. The Morgan fingerprint density at radius 1 is 1.55 bits per heavy atom. The lowest BCUT2D eigenvalue weighted by Gasteiger charge is -2.16. The summed E-state index contributed by atoms with van der Waals surface area (Å²) in [6.07, 6.45) is 3.74. The highest BCUT2D eigenvalue weighted by Crippen LogP contribution is 2.53. The van der Waals surface area contributed by atoms with Gasteiger partial charge < -0.3 is 4.74 Å². The summed E-state index contributed by atoms with van der Waals surface area (Å²) in [4.78, 5) is 0. The van der Waals surface area contributed by atoms with E-state index in [1.807, 2.05) is 6.92 Å².